The molecule has 0 spiro atoms. The van der Waals surface area contributed by atoms with Gasteiger partial charge in [-0.3, -0.25) is 9.69 Å². The summed E-state index contributed by atoms with van der Waals surface area (Å²) in [6.07, 6.45) is 7.75. The van der Waals surface area contributed by atoms with Gasteiger partial charge in [0, 0.05) is 37.3 Å². The second-order valence-electron chi connectivity index (χ2n) is 8.87. The first-order valence-electron chi connectivity index (χ1n) is 10.9. The number of nitrogens with one attached hydrogen (secondary N) is 2. The molecule has 1 unspecified atom stereocenters. The minimum absolute atomic E-state index is 0.0183. The highest BCUT2D eigenvalue weighted by Gasteiger charge is 2.32. The van der Waals surface area contributed by atoms with Gasteiger partial charge in [-0.05, 0) is 60.3 Å². The zero-order valence-corrected chi connectivity index (χ0v) is 18.0. The maximum Gasteiger partial charge on any atom is 0.315 e. The zero-order valence-electron chi connectivity index (χ0n) is 18.0. The van der Waals surface area contributed by atoms with Crippen molar-refractivity contribution in [1.82, 2.24) is 20.4 Å². The number of piperidine rings is 1. The topological polar surface area (TPSA) is 64.7 Å². The van der Waals surface area contributed by atoms with Crippen LogP contribution in [-0.4, -0.2) is 65.0 Å². The van der Waals surface area contributed by atoms with E-state index in [1.807, 2.05) is 11.8 Å². The lowest BCUT2D eigenvalue weighted by Gasteiger charge is -2.40. The second-order valence-corrected chi connectivity index (χ2v) is 8.87. The summed E-state index contributed by atoms with van der Waals surface area (Å²) in [5.41, 5.74) is 0. The molecule has 0 bridgehead atoms. The van der Waals surface area contributed by atoms with Gasteiger partial charge in [0.05, 0.1) is 6.04 Å². The van der Waals surface area contributed by atoms with Gasteiger partial charge in [-0.1, -0.05) is 19.3 Å². The first-order chi connectivity index (χ1) is 12.8. The number of amides is 3. The average Bonchev–Trinajstić information content (AvgIpc) is 2.61. The van der Waals surface area contributed by atoms with Crippen molar-refractivity contribution < 1.29 is 9.59 Å². The Morgan fingerprint density at radius 3 is 1.78 bits per heavy atom. The Labute approximate surface area is 165 Å². The van der Waals surface area contributed by atoms with Gasteiger partial charge in [-0.15, -0.1) is 0 Å². The van der Waals surface area contributed by atoms with Gasteiger partial charge in [0.15, 0.2) is 0 Å². The summed E-state index contributed by atoms with van der Waals surface area (Å²) in [6, 6.07) is 0.848. The molecule has 1 aliphatic heterocycles. The molecule has 1 atom stereocenters. The highest BCUT2D eigenvalue weighted by Crippen LogP contribution is 2.19. The van der Waals surface area contributed by atoms with Gasteiger partial charge in [-0.2, -0.15) is 0 Å². The third-order valence-electron chi connectivity index (χ3n) is 6.08. The number of hydrogen-bond donors (Lipinski definition) is 2. The Bertz CT molecular complexity index is 473. The van der Waals surface area contributed by atoms with Crippen LogP contribution in [0.25, 0.3) is 0 Å². The van der Waals surface area contributed by atoms with Crippen LogP contribution in [0.4, 0.5) is 4.79 Å². The molecule has 0 aromatic carbocycles. The van der Waals surface area contributed by atoms with E-state index >= 15 is 0 Å². The van der Waals surface area contributed by atoms with Crippen LogP contribution < -0.4 is 10.6 Å². The van der Waals surface area contributed by atoms with Gasteiger partial charge in [0.1, 0.15) is 0 Å². The molecule has 1 saturated carbocycles. The SMILES string of the molecule is CC(C(=O)N(C(C)C)C(C)C)N1CCC(NC(=O)NC2CCCCC2)CC1. The molecule has 6 nitrogen and oxygen atoms in total. The van der Waals surface area contributed by atoms with Crippen LogP contribution in [-0.2, 0) is 4.79 Å². The summed E-state index contributed by atoms with van der Waals surface area (Å²) in [6.45, 7) is 12.0. The number of carbonyl (C=O) groups excluding carboxylic acids is 2. The lowest BCUT2D eigenvalue weighted by atomic mass is 9.96. The van der Waals surface area contributed by atoms with Crippen molar-refractivity contribution in [2.24, 2.45) is 0 Å². The molecule has 1 heterocycles. The summed E-state index contributed by atoms with van der Waals surface area (Å²) in [5.74, 6) is 0.210. The molecule has 3 amide bonds. The van der Waals surface area contributed by atoms with Crippen LogP contribution in [0.15, 0.2) is 0 Å². The van der Waals surface area contributed by atoms with E-state index in [4.69, 9.17) is 0 Å². The van der Waals surface area contributed by atoms with E-state index < -0.39 is 0 Å². The van der Waals surface area contributed by atoms with Crippen LogP contribution >= 0.6 is 0 Å². The molecule has 0 aromatic rings. The summed E-state index contributed by atoms with van der Waals surface area (Å²) in [4.78, 5) is 29.4. The fraction of sp³-hybridized carbons (Fsp3) is 0.905. The summed E-state index contributed by atoms with van der Waals surface area (Å²) in [5, 5.41) is 6.28. The standard InChI is InChI=1S/C21H40N4O2/c1-15(2)25(16(3)4)20(26)17(5)24-13-11-19(12-14-24)23-21(27)22-18-9-7-6-8-10-18/h15-19H,6-14H2,1-5H3,(H2,22,23,27). The molecule has 2 N–H and O–H groups in total. The van der Waals surface area contributed by atoms with Crippen molar-refractivity contribution in [1.29, 1.82) is 0 Å². The predicted octanol–water partition coefficient (Wildman–Crippen LogP) is 3.12. The summed E-state index contributed by atoms with van der Waals surface area (Å²) >= 11 is 0. The summed E-state index contributed by atoms with van der Waals surface area (Å²) in [7, 11) is 0. The molecular formula is C21H40N4O2. The summed E-state index contributed by atoms with van der Waals surface area (Å²) < 4.78 is 0. The van der Waals surface area contributed by atoms with E-state index in [-0.39, 0.29) is 36.1 Å². The Hall–Kier alpha value is -1.30. The van der Waals surface area contributed by atoms with E-state index in [9.17, 15) is 9.59 Å². The highest BCUT2D eigenvalue weighted by atomic mass is 16.2. The number of urea groups is 1. The normalized spacial score (nSPS) is 21.3. The largest absolute Gasteiger partial charge is 0.336 e. The van der Waals surface area contributed by atoms with Crippen molar-refractivity contribution in [3.63, 3.8) is 0 Å². The van der Waals surface area contributed by atoms with Crippen LogP contribution in [0, 0.1) is 0 Å². The minimum Gasteiger partial charge on any atom is -0.336 e. The predicted molar refractivity (Wildman–Crippen MR) is 110 cm³/mol. The highest BCUT2D eigenvalue weighted by molar-refractivity contribution is 5.82. The van der Waals surface area contributed by atoms with Gasteiger partial charge >= 0.3 is 6.03 Å². The van der Waals surface area contributed by atoms with Crippen molar-refractivity contribution in [3.8, 4) is 0 Å². The van der Waals surface area contributed by atoms with E-state index in [0.717, 1.165) is 38.8 Å². The Balaban J connectivity index is 1.76. The second kappa shape index (κ2) is 10.3. The monoisotopic (exact) mass is 380 g/mol. The fourth-order valence-corrected chi connectivity index (χ4v) is 4.57. The van der Waals surface area contributed by atoms with Crippen LogP contribution in [0.2, 0.25) is 0 Å². The lowest BCUT2D eigenvalue weighted by Crippen LogP contribution is -2.56. The van der Waals surface area contributed by atoms with Crippen LogP contribution in [0.1, 0.15) is 79.6 Å². The minimum atomic E-state index is -0.105. The molecule has 6 heteroatoms. The van der Waals surface area contributed by atoms with E-state index in [2.05, 4.69) is 43.2 Å². The number of rotatable bonds is 6. The molecule has 1 aliphatic carbocycles. The Morgan fingerprint density at radius 2 is 1.30 bits per heavy atom. The molecule has 0 aromatic heterocycles. The maximum atomic E-state index is 12.9. The quantitative estimate of drug-likeness (QED) is 0.744. The van der Waals surface area contributed by atoms with Gasteiger partial charge in [0.2, 0.25) is 5.91 Å². The lowest BCUT2D eigenvalue weighted by molar-refractivity contribution is -0.140. The Morgan fingerprint density at radius 1 is 0.815 bits per heavy atom. The molecular weight excluding hydrogens is 340 g/mol. The van der Waals surface area contributed by atoms with E-state index in [1.165, 1.54) is 19.3 Å². The third kappa shape index (κ3) is 6.37. The number of likely N-dealkylation sites (tertiary alicyclic amines) is 1. The van der Waals surface area contributed by atoms with Crippen molar-refractivity contribution >= 4 is 11.9 Å². The van der Waals surface area contributed by atoms with Gasteiger partial charge < -0.3 is 15.5 Å². The Kier molecular flexibility index (Phi) is 8.39. The van der Waals surface area contributed by atoms with Crippen molar-refractivity contribution in [3.05, 3.63) is 0 Å². The fourth-order valence-electron chi connectivity index (χ4n) is 4.57. The molecule has 2 fully saturated rings. The van der Waals surface area contributed by atoms with Gasteiger partial charge in [0.25, 0.3) is 0 Å². The number of nitrogens with zero attached hydrogens (tertiary/aromatic N) is 2. The van der Waals surface area contributed by atoms with Crippen LogP contribution in [0.3, 0.4) is 0 Å². The van der Waals surface area contributed by atoms with Crippen LogP contribution in [0.5, 0.6) is 0 Å². The van der Waals surface area contributed by atoms with Gasteiger partial charge in [-0.25, -0.2) is 4.79 Å². The molecule has 2 rings (SSSR count). The zero-order chi connectivity index (χ0) is 20.0. The number of hydrogen-bond acceptors (Lipinski definition) is 3. The molecule has 27 heavy (non-hydrogen) atoms. The number of carbonyl (C=O) groups is 2. The first kappa shape index (κ1) is 22.0. The molecule has 0 radical (unpaired) electrons. The van der Waals surface area contributed by atoms with Crippen molar-refractivity contribution in [2.45, 2.75) is 110 Å². The smallest absolute Gasteiger partial charge is 0.315 e. The molecule has 156 valence electrons. The van der Waals surface area contributed by atoms with E-state index in [1.54, 1.807) is 0 Å². The maximum absolute atomic E-state index is 12.9. The first-order valence-corrected chi connectivity index (χ1v) is 10.9. The van der Waals surface area contributed by atoms with E-state index in [0.29, 0.717) is 6.04 Å². The molecule has 2 aliphatic rings. The molecule has 1 saturated heterocycles. The average molecular weight is 381 g/mol. The third-order valence-corrected chi connectivity index (χ3v) is 6.08. The van der Waals surface area contributed by atoms with Crippen molar-refractivity contribution in [2.75, 3.05) is 13.1 Å².